The van der Waals surface area contributed by atoms with Crippen molar-refractivity contribution in [3.8, 4) is 34.4 Å². The molecule has 0 saturated carbocycles. The van der Waals surface area contributed by atoms with Crippen molar-refractivity contribution >= 4 is 17.6 Å². The number of pyridine rings is 1. The number of nitriles is 1. The molecule has 0 bridgehead atoms. The van der Waals surface area contributed by atoms with Crippen molar-refractivity contribution in [2.45, 2.75) is 38.1 Å². The molecular weight excluding hydrogens is 589 g/mol. The molecule has 5 rings (SSSR count). The van der Waals surface area contributed by atoms with Crippen molar-refractivity contribution in [1.82, 2.24) is 10.3 Å². The van der Waals surface area contributed by atoms with Gasteiger partial charge in [0.05, 0.1) is 24.3 Å². The number of nitrogens with one attached hydrogen (secondary N) is 1. The van der Waals surface area contributed by atoms with Gasteiger partial charge in [0.15, 0.2) is 0 Å². The SMILES string of the molecule is COc1ccc(-c2cccc3c2CC[C@@H]3Oc2cc(OCc3cncc(C#N)c3)c(CN[C@@H](CO)C(=O)O)cc2Cl)c(F)c1. The van der Waals surface area contributed by atoms with Crippen LogP contribution in [0.2, 0.25) is 5.02 Å². The van der Waals surface area contributed by atoms with Crippen molar-refractivity contribution in [2.75, 3.05) is 13.7 Å². The Bertz CT molecular complexity index is 1730. The number of carbonyl (C=O) groups is 1. The summed E-state index contributed by atoms with van der Waals surface area (Å²) in [5.41, 5.74) is 4.76. The first kappa shape index (κ1) is 30.8. The maximum Gasteiger partial charge on any atom is 0.323 e. The zero-order valence-corrected chi connectivity index (χ0v) is 24.5. The average Bonchev–Trinajstić information content (AvgIpc) is 3.44. The zero-order chi connectivity index (χ0) is 31.2. The van der Waals surface area contributed by atoms with E-state index in [4.69, 9.17) is 25.8 Å². The Labute approximate surface area is 258 Å². The summed E-state index contributed by atoms with van der Waals surface area (Å²) in [6.45, 7) is -0.495. The molecule has 0 spiro atoms. The van der Waals surface area contributed by atoms with Gasteiger partial charge in [0.25, 0.3) is 0 Å². The quantitative estimate of drug-likeness (QED) is 0.186. The summed E-state index contributed by atoms with van der Waals surface area (Å²) in [6, 6.07) is 16.3. The lowest BCUT2D eigenvalue weighted by atomic mass is 9.96. The molecule has 0 fully saturated rings. The number of carboxylic acid groups (broad SMARTS) is 1. The van der Waals surface area contributed by atoms with Crippen molar-refractivity contribution in [2.24, 2.45) is 0 Å². The van der Waals surface area contributed by atoms with E-state index in [1.807, 2.05) is 24.3 Å². The normalized spacial score (nSPS) is 14.4. The van der Waals surface area contributed by atoms with Gasteiger partial charge in [0.1, 0.15) is 47.9 Å². The fraction of sp³-hybridized carbons (Fsp3) is 0.242. The summed E-state index contributed by atoms with van der Waals surface area (Å²) in [5, 5.41) is 31.0. The first-order valence-electron chi connectivity index (χ1n) is 13.8. The van der Waals surface area contributed by atoms with Gasteiger partial charge < -0.3 is 24.4 Å². The van der Waals surface area contributed by atoms with E-state index in [2.05, 4.69) is 10.3 Å². The van der Waals surface area contributed by atoms with Gasteiger partial charge in [-0.25, -0.2) is 4.39 Å². The van der Waals surface area contributed by atoms with E-state index in [9.17, 15) is 24.7 Å². The minimum Gasteiger partial charge on any atom is -0.497 e. The van der Waals surface area contributed by atoms with Gasteiger partial charge in [-0.15, -0.1) is 0 Å². The van der Waals surface area contributed by atoms with Crippen LogP contribution < -0.4 is 19.5 Å². The van der Waals surface area contributed by atoms with Crippen LogP contribution in [0.1, 0.15) is 40.3 Å². The largest absolute Gasteiger partial charge is 0.497 e. The number of aliphatic hydroxyl groups excluding tert-OH is 1. The average molecular weight is 618 g/mol. The van der Waals surface area contributed by atoms with Crippen LogP contribution in [0.5, 0.6) is 17.2 Å². The second-order valence-electron chi connectivity index (χ2n) is 10.2. The fourth-order valence-corrected chi connectivity index (χ4v) is 5.41. The summed E-state index contributed by atoms with van der Waals surface area (Å²) in [5.74, 6) is -0.416. The molecule has 9 nitrogen and oxygen atoms in total. The highest BCUT2D eigenvalue weighted by Gasteiger charge is 2.28. The number of hydrogen-bond donors (Lipinski definition) is 3. The van der Waals surface area contributed by atoms with Crippen LogP contribution in [0.4, 0.5) is 4.39 Å². The maximum absolute atomic E-state index is 15.0. The third-order valence-electron chi connectivity index (χ3n) is 7.40. The molecule has 1 aromatic heterocycles. The molecule has 1 heterocycles. The number of rotatable bonds is 12. The molecule has 2 atom stereocenters. The molecule has 44 heavy (non-hydrogen) atoms. The van der Waals surface area contributed by atoms with E-state index in [1.54, 1.807) is 36.5 Å². The molecule has 0 aliphatic heterocycles. The number of methoxy groups -OCH3 is 1. The van der Waals surface area contributed by atoms with E-state index in [1.165, 1.54) is 19.4 Å². The molecule has 0 saturated heterocycles. The van der Waals surface area contributed by atoms with Gasteiger partial charge in [-0.2, -0.15) is 5.26 Å². The Hall–Kier alpha value is -4.69. The number of carboxylic acids is 1. The topological polar surface area (TPSA) is 134 Å². The van der Waals surface area contributed by atoms with Crippen LogP contribution in [-0.2, 0) is 24.4 Å². The molecule has 4 aromatic rings. The predicted molar refractivity (Wildman–Crippen MR) is 160 cm³/mol. The number of halogens is 2. The summed E-state index contributed by atoms with van der Waals surface area (Å²) < 4.78 is 32.6. The lowest BCUT2D eigenvalue weighted by molar-refractivity contribution is -0.140. The standard InChI is InChI=1S/C33H29ClFN3O6/c1-42-22-5-6-25(28(35)11-22)23-3-2-4-26-24(23)7-8-30(26)44-32-12-31(43-18-20-9-19(13-36)14-37-15-20)21(10-27(32)34)16-38-29(17-39)33(40)41/h2-6,9-12,14-15,29-30,38-39H,7-8,16-18H2,1H3,(H,40,41)/t29-,30-/m0/s1. The lowest BCUT2D eigenvalue weighted by Crippen LogP contribution is -2.39. The Kier molecular flexibility index (Phi) is 9.60. The number of hydrogen-bond acceptors (Lipinski definition) is 8. The van der Waals surface area contributed by atoms with Crippen LogP contribution in [0.15, 0.2) is 67.0 Å². The van der Waals surface area contributed by atoms with Crippen LogP contribution >= 0.6 is 11.6 Å². The second-order valence-corrected chi connectivity index (χ2v) is 10.6. The monoisotopic (exact) mass is 617 g/mol. The Morgan fingerprint density at radius 1 is 1.18 bits per heavy atom. The van der Waals surface area contributed by atoms with Crippen molar-refractivity contribution < 1.29 is 33.6 Å². The van der Waals surface area contributed by atoms with Gasteiger partial charge in [-0.05, 0) is 53.8 Å². The van der Waals surface area contributed by atoms with E-state index >= 15 is 0 Å². The molecule has 3 N–H and O–H groups in total. The summed E-state index contributed by atoms with van der Waals surface area (Å²) in [6.07, 6.45) is 3.98. The first-order valence-corrected chi connectivity index (χ1v) is 14.2. The van der Waals surface area contributed by atoms with Gasteiger partial charge >= 0.3 is 5.97 Å². The molecule has 226 valence electrons. The molecule has 0 radical (unpaired) electrons. The third-order valence-corrected chi connectivity index (χ3v) is 7.70. The van der Waals surface area contributed by atoms with E-state index in [-0.39, 0.29) is 30.1 Å². The highest BCUT2D eigenvalue weighted by atomic mass is 35.5. The fourth-order valence-electron chi connectivity index (χ4n) is 5.18. The van der Waals surface area contributed by atoms with Gasteiger partial charge in [0.2, 0.25) is 0 Å². The van der Waals surface area contributed by atoms with Gasteiger partial charge in [-0.3, -0.25) is 15.1 Å². The lowest BCUT2D eigenvalue weighted by Gasteiger charge is -2.20. The number of fused-ring (bicyclic) bond motifs is 1. The van der Waals surface area contributed by atoms with Gasteiger partial charge in [-0.1, -0.05) is 29.8 Å². The highest BCUT2D eigenvalue weighted by molar-refractivity contribution is 6.32. The Morgan fingerprint density at radius 3 is 2.75 bits per heavy atom. The number of aliphatic hydroxyl groups is 1. The molecule has 0 unspecified atom stereocenters. The van der Waals surface area contributed by atoms with Crippen molar-refractivity contribution in [1.29, 1.82) is 5.26 Å². The van der Waals surface area contributed by atoms with E-state index in [0.717, 1.165) is 16.7 Å². The predicted octanol–water partition coefficient (Wildman–Crippen LogP) is 5.60. The molecule has 1 aliphatic carbocycles. The molecule has 11 heteroatoms. The molecular formula is C33H29ClFN3O6. The smallest absolute Gasteiger partial charge is 0.323 e. The molecule has 0 amide bonds. The second kappa shape index (κ2) is 13.7. The first-order chi connectivity index (χ1) is 21.3. The van der Waals surface area contributed by atoms with Gasteiger partial charge in [0, 0.05) is 47.8 Å². The maximum atomic E-state index is 15.0. The minimum absolute atomic E-state index is 0.0341. The number of aliphatic carboxylic acids is 1. The van der Waals surface area contributed by atoms with Crippen LogP contribution in [0.25, 0.3) is 11.1 Å². The summed E-state index contributed by atoms with van der Waals surface area (Å²) >= 11 is 6.67. The number of aromatic nitrogens is 1. The number of nitrogens with zero attached hydrogens (tertiary/aromatic N) is 2. The Morgan fingerprint density at radius 2 is 2.02 bits per heavy atom. The third kappa shape index (κ3) is 6.76. The van der Waals surface area contributed by atoms with E-state index in [0.29, 0.717) is 52.3 Å². The molecule has 3 aromatic carbocycles. The minimum atomic E-state index is -1.20. The zero-order valence-electron chi connectivity index (χ0n) is 23.7. The highest BCUT2D eigenvalue weighted by Crippen LogP contribution is 2.43. The molecule has 1 aliphatic rings. The summed E-state index contributed by atoms with van der Waals surface area (Å²) in [7, 11) is 1.49. The van der Waals surface area contributed by atoms with E-state index < -0.39 is 18.6 Å². The Balaban J connectivity index is 1.43. The van der Waals surface area contributed by atoms with Crippen LogP contribution in [0.3, 0.4) is 0 Å². The summed E-state index contributed by atoms with van der Waals surface area (Å²) in [4.78, 5) is 15.5. The van der Waals surface area contributed by atoms with Crippen molar-refractivity contribution in [3.05, 3.63) is 106 Å². The van der Waals surface area contributed by atoms with Crippen LogP contribution in [0, 0.1) is 17.1 Å². The number of benzene rings is 3. The number of ether oxygens (including phenoxy) is 3. The van der Waals surface area contributed by atoms with Crippen molar-refractivity contribution in [3.63, 3.8) is 0 Å². The van der Waals surface area contributed by atoms with Crippen LogP contribution in [-0.4, -0.2) is 40.9 Å².